The lowest BCUT2D eigenvalue weighted by atomic mass is 10.2. The molecule has 27 heavy (non-hydrogen) atoms. The molecule has 138 valence electrons. The fourth-order valence-electron chi connectivity index (χ4n) is 2.95. The van der Waals surface area contributed by atoms with Crippen LogP contribution in [0.15, 0.2) is 47.7 Å². The van der Waals surface area contributed by atoms with Crippen LogP contribution in [0.4, 0.5) is 5.95 Å². The van der Waals surface area contributed by atoms with Gasteiger partial charge in [0.1, 0.15) is 5.75 Å². The highest BCUT2D eigenvalue weighted by atomic mass is 16.5. The summed E-state index contributed by atoms with van der Waals surface area (Å²) in [4.78, 5) is 20.0. The SMILES string of the molecule is COc1ccc2nc(NC3=NCN(Cc4cccnc4)CN3)nc(C)c2c1. The van der Waals surface area contributed by atoms with Gasteiger partial charge >= 0.3 is 0 Å². The number of anilines is 1. The van der Waals surface area contributed by atoms with Gasteiger partial charge < -0.3 is 10.1 Å². The van der Waals surface area contributed by atoms with E-state index in [9.17, 15) is 0 Å². The molecule has 8 heteroatoms. The summed E-state index contributed by atoms with van der Waals surface area (Å²) in [6.45, 7) is 4.03. The Morgan fingerprint density at radius 3 is 2.93 bits per heavy atom. The molecule has 8 nitrogen and oxygen atoms in total. The molecule has 0 unspecified atom stereocenters. The van der Waals surface area contributed by atoms with Crippen LogP contribution in [0.3, 0.4) is 0 Å². The highest BCUT2D eigenvalue weighted by Gasteiger charge is 2.14. The van der Waals surface area contributed by atoms with Crippen LogP contribution in [0, 0.1) is 6.92 Å². The first-order valence-corrected chi connectivity index (χ1v) is 8.70. The Morgan fingerprint density at radius 2 is 2.19 bits per heavy atom. The summed E-state index contributed by atoms with van der Waals surface area (Å²) >= 11 is 0. The molecule has 0 aliphatic carbocycles. The molecule has 4 rings (SSSR count). The number of nitrogens with one attached hydrogen (secondary N) is 2. The van der Waals surface area contributed by atoms with Gasteiger partial charge in [0.2, 0.25) is 11.9 Å². The lowest BCUT2D eigenvalue weighted by Crippen LogP contribution is -2.45. The maximum atomic E-state index is 5.27. The van der Waals surface area contributed by atoms with Crippen molar-refractivity contribution in [1.29, 1.82) is 0 Å². The summed E-state index contributed by atoms with van der Waals surface area (Å²) in [5, 5.41) is 7.41. The quantitative estimate of drug-likeness (QED) is 0.734. The Hall–Kier alpha value is -3.26. The number of pyridine rings is 1. The molecule has 3 aromatic rings. The molecular weight excluding hydrogens is 342 g/mol. The maximum absolute atomic E-state index is 5.27. The fourth-order valence-corrected chi connectivity index (χ4v) is 2.95. The van der Waals surface area contributed by atoms with Gasteiger partial charge in [-0.15, -0.1) is 0 Å². The molecule has 0 amide bonds. The second-order valence-corrected chi connectivity index (χ2v) is 6.31. The average Bonchev–Trinajstić information content (AvgIpc) is 2.70. The minimum absolute atomic E-state index is 0.525. The van der Waals surface area contributed by atoms with Gasteiger partial charge in [-0.05, 0) is 36.8 Å². The number of methoxy groups -OCH3 is 1. The number of aryl methyl sites for hydroxylation is 1. The summed E-state index contributed by atoms with van der Waals surface area (Å²) in [5.74, 6) is 1.99. The number of nitrogens with zero attached hydrogens (tertiary/aromatic N) is 5. The fraction of sp³-hybridized carbons (Fsp3) is 0.263. The van der Waals surface area contributed by atoms with Gasteiger partial charge in [0.15, 0.2) is 0 Å². The first-order valence-electron chi connectivity index (χ1n) is 8.70. The van der Waals surface area contributed by atoms with Crippen LogP contribution in [0.5, 0.6) is 5.75 Å². The minimum atomic E-state index is 0.525. The van der Waals surface area contributed by atoms with Crippen molar-refractivity contribution in [2.45, 2.75) is 13.5 Å². The number of guanidine groups is 1. The van der Waals surface area contributed by atoms with E-state index >= 15 is 0 Å². The van der Waals surface area contributed by atoms with Crippen LogP contribution < -0.4 is 15.4 Å². The third-order valence-corrected chi connectivity index (χ3v) is 4.35. The summed E-state index contributed by atoms with van der Waals surface area (Å²) in [6.07, 6.45) is 3.65. The topological polar surface area (TPSA) is 87.6 Å². The third kappa shape index (κ3) is 3.95. The van der Waals surface area contributed by atoms with Crippen molar-refractivity contribution in [2.75, 3.05) is 25.8 Å². The van der Waals surface area contributed by atoms with E-state index in [0.717, 1.165) is 34.5 Å². The van der Waals surface area contributed by atoms with Crippen molar-refractivity contribution >= 4 is 22.8 Å². The van der Waals surface area contributed by atoms with E-state index in [1.807, 2.05) is 37.4 Å². The van der Waals surface area contributed by atoms with Crippen LogP contribution in [0.2, 0.25) is 0 Å². The van der Waals surface area contributed by atoms with E-state index in [-0.39, 0.29) is 0 Å². The number of rotatable bonds is 4. The zero-order chi connectivity index (χ0) is 18.6. The number of fused-ring (bicyclic) bond motifs is 1. The molecule has 0 bridgehead atoms. The highest BCUT2D eigenvalue weighted by molar-refractivity contribution is 5.93. The van der Waals surface area contributed by atoms with Gasteiger partial charge in [-0.25, -0.2) is 15.0 Å². The smallest absolute Gasteiger partial charge is 0.230 e. The van der Waals surface area contributed by atoms with Crippen molar-refractivity contribution in [3.63, 3.8) is 0 Å². The van der Waals surface area contributed by atoms with E-state index in [2.05, 4.69) is 41.5 Å². The van der Waals surface area contributed by atoms with Crippen molar-refractivity contribution in [3.05, 3.63) is 54.0 Å². The molecule has 0 radical (unpaired) electrons. The van der Waals surface area contributed by atoms with Crippen molar-refractivity contribution in [3.8, 4) is 5.75 Å². The number of hydrogen-bond acceptors (Lipinski definition) is 8. The van der Waals surface area contributed by atoms with E-state index in [4.69, 9.17) is 4.74 Å². The molecular formula is C19H21N7O. The molecule has 3 heterocycles. The van der Waals surface area contributed by atoms with Crippen LogP contribution >= 0.6 is 0 Å². The summed E-state index contributed by atoms with van der Waals surface area (Å²) in [7, 11) is 1.65. The second kappa shape index (κ2) is 7.55. The van der Waals surface area contributed by atoms with E-state index in [0.29, 0.717) is 25.2 Å². The van der Waals surface area contributed by atoms with Crippen LogP contribution in [0.25, 0.3) is 10.9 Å². The number of aromatic nitrogens is 3. The third-order valence-electron chi connectivity index (χ3n) is 4.35. The molecule has 0 fully saturated rings. The van der Waals surface area contributed by atoms with Crippen LogP contribution in [-0.2, 0) is 6.54 Å². The molecule has 1 aliphatic rings. The van der Waals surface area contributed by atoms with Crippen molar-refractivity contribution in [1.82, 2.24) is 25.2 Å². The Morgan fingerprint density at radius 1 is 1.26 bits per heavy atom. The van der Waals surface area contributed by atoms with Gasteiger partial charge in [-0.3, -0.25) is 15.2 Å². The predicted octanol–water partition coefficient (Wildman–Crippen LogP) is 2.13. The van der Waals surface area contributed by atoms with Crippen LogP contribution in [0.1, 0.15) is 11.3 Å². The molecule has 2 N–H and O–H groups in total. The second-order valence-electron chi connectivity index (χ2n) is 6.31. The van der Waals surface area contributed by atoms with Crippen molar-refractivity contribution < 1.29 is 4.74 Å². The van der Waals surface area contributed by atoms with E-state index in [1.54, 1.807) is 13.3 Å². The number of hydrogen-bond donors (Lipinski definition) is 2. The largest absolute Gasteiger partial charge is 0.497 e. The summed E-state index contributed by atoms with van der Waals surface area (Å²) in [6, 6.07) is 9.77. The lowest BCUT2D eigenvalue weighted by molar-refractivity contribution is 0.256. The maximum Gasteiger partial charge on any atom is 0.230 e. The summed E-state index contributed by atoms with van der Waals surface area (Å²) < 4.78 is 5.27. The first-order chi connectivity index (χ1) is 13.2. The van der Waals surface area contributed by atoms with Gasteiger partial charge in [-0.1, -0.05) is 6.07 Å². The number of aliphatic imine (C=N–C) groups is 1. The Balaban J connectivity index is 1.45. The molecule has 2 aromatic heterocycles. The van der Waals surface area contributed by atoms with Crippen LogP contribution in [-0.4, -0.2) is 46.3 Å². The average molecular weight is 363 g/mol. The summed E-state index contributed by atoms with van der Waals surface area (Å²) in [5.41, 5.74) is 2.91. The zero-order valence-electron chi connectivity index (χ0n) is 15.3. The lowest BCUT2D eigenvalue weighted by Gasteiger charge is -2.26. The van der Waals surface area contributed by atoms with Gasteiger partial charge in [0.25, 0.3) is 0 Å². The minimum Gasteiger partial charge on any atom is -0.497 e. The van der Waals surface area contributed by atoms with E-state index < -0.39 is 0 Å². The van der Waals surface area contributed by atoms with E-state index in [1.165, 1.54) is 0 Å². The Labute approximate surface area is 157 Å². The van der Waals surface area contributed by atoms with Gasteiger partial charge in [0.05, 0.1) is 31.7 Å². The predicted molar refractivity (Wildman–Crippen MR) is 105 cm³/mol. The number of benzene rings is 1. The molecule has 0 saturated heterocycles. The molecule has 1 aliphatic heterocycles. The molecule has 0 atom stereocenters. The monoisotopic (exact) mass is 363 g/mol. The normalized spacial score (nSPS) is 14.5. The van der Waals surface area contributed by atoms with Crippen molar-refractivity contribution in [2.24, 2.45) is 4.99 Å². The Kier molecular flexibility index (Phi) is 4.80. The zero-order valence-corrected chi connectivity index (χ0v) is 15.3. The molecule has 1 aromatic carbocycles. The Bertz CT molecular complexity index is 974. The molecule has 0 spiro atoms. The number of ether oxygens (including phenoxy) is 1. The standard InChI is InChI=1S/C19H21N7O/c1-13-16-8-15(27-2)5-6-17(16)24-19(23-13)25-18-21-11-26(12-22-18)10-14-4-3-7-20-9-14/h3-9H,10-12H2,1-2H3,(H2,21,22,23,24,25). The van der Waals surface area contributed by atoms with Gasteiger partial charge in [-0.2, -0.15) is 0 Å². The molecule has 0 saturated carbocycles. The highest BCUT2D eigenvalue weighted by Crippen LogP contribution is 2.22. The first kappa shape index (κ1) is 17.2. The van der Waals surface area contributed by atoms with Gasteiger partial charge in [0, 0.05) is 24.3 Å².